The van der Waals surface area contributed by atoms with Crippen molar-refractivity contribution in [2.24, 2.45) is 33.5 Å². The van der Waals surface area contributed by atoms with Crippen LogP contribution in [0.3, 0.4) is 0 Å². The molecule has 0 aliphatic heterocycles. The highest BCUT2D eigenvalue weighted by atomic mass is 16.3. The van der Waals surface area contributed by atoms with E-state index < -0.39 is 6.10 Å². The molecule has 3 heteroatoms. The van der Waals surface area contributed by atoms with E-state index in [1.54, 1.807) is 0 Å². The highest BCUT2D eigenvalue weighted by Crippen LogP contribution is 2.81. The van der Waals surface area contributed by atoms with Gasteiger partial charge in [-0.3, -0.25) is 0 Å². The molecule has 3 nitrogen and oxygen atoms in total. The first kappa shape index (κ1) is 16.4. The van der Waals surface area contributed by atoms with Crippen molar-refractivity contribution >= 4 is 0 Å². The predicted molar refractivity (Wildman–Crippen MR) is 89.8 cm³/mol. The summed E-state index contributed by atoms with van der Waals surface area (Å²) in [6, 6.07) is 0. The van der Waals surface area contributed by atoms with E-state index in [1.165, 1.54) is 25.7 Å². The number of rotatable bonds is 2. The van der Waals surface area contributed by atoms with Gasteiger partial charge in [-0.2, -0.15) is 0 Å². The van der Waals surface area contributed by atoms with Gasteiger partial charge in [0.15, 0.2) is 0 Å². The van der Waals surface area contributed by atoms with E-state index in [0.717, 1.165) is 31.6 Å². The Morgan fingerprint density at radius 3 is 2.52 bits per heavy atom. The maximum atomic E-state index is 11.1. The molecule has 4 saturated carbocycles. The molecule has 4 aliphatic rings. The van der Waals surface area contributed by atoms with Gasteiger partial charge in [-0.15, -0.1) is 0 Å². The summed E-state index contributed by atoms with van der Waals surface area (Å²) < 4.78 is 0. The minimum Gasteiger partial charge on any atom is -0.394 e. The second kappa shape index (κ2) is 4.74. The van der Waals surface area contributed by atoms with Gasteiger partial charge in [-0.25, -0.2) is 0 Å². The zero-order valence-electron chi connectivity index (χ0n) is 15.0. The zero-order chi connectivity index (χ0) is 16.7. The molecule has 0 amide bonds. The Morgan fingerprint density at radius 1 is 1.09 bits per heavy atom. The Balaban J connectivity index is 1.66. The van der Waals surface area contributed by atoms with Gasteiger partial charge >= 0.3 is 0 Å². The summed E-state index contributed by atoms with van der Waals surface area (Å²) >= 11 is 0. The molecular weight excluding hydrogens is 288 g/mol. The van der Waals surface area contributed by atoms with Crippen molar-refractivity contribution in [3.8, 4) is 0 Å². The van der Waals surface area contributed by atoms with Gasteiger partial charge in [0.1, 0.15) is 0 Å². The lowest BCUT2D eigenvalue weighted by Crippen LogP contribution is -2.58. The molecule has 132 valence electrons. The van der Waals surface area contributed by atoms with Crippen LogP contribution in [0.5, 0.6) is 0 Å². The number of hydrogen-bond acceptors (Lipinski definition) is 3. The van der Waals surface area contributed by atoms with E-state index in [1.807, 2.05) is 0 Å². The average Bonchev–Trinajstić information content (AvgIpc) is 3.12. The number of aliphatic hydroxyl groups excluding tert-OH is 3. The van der Waals surface area contributed by atoms with Gasteiger partial charge in [-0.1, -0.05) is 27.2 Å². The van der Waals surface area contributed by atoms with E-state index >= 15 is 0 Å². The van der Waals surface area contributed by atoms with Gasteiger partial charge in [-0.05, 0) is 78.4 Å². The molecule has 0 aromatic carbocycles. The quantitative estimate of drug-likeness (QED) is 0.732. The molecule has 8 unspecified atom stereocenters. The van der Waals surface area contributed by atoms with Crippen molar-refractivity contribution in [3.63, 3.8) is 0 Å². The van der Waals surface area contributed by atoms with Crippen molar-refractivity contribution in [3.05, 3.63) is 0 Å². The van der Waals surface area contributed by atoms with Crippen LogP contribution < -0.4 is 0 Å². The van der Waals surface area contributed by atoms with Crippen LogP contribution in [0.25, 0.3) is 0 Å². The van der Waals surface area contributed by atoms with Gasteiger partial charge < -0.3 is 15.3 Å². The number of hydrogen-bond donors (Lipinski definition) is 3. The molecule has 4 fully saturated rings. The first-order chi connectivity index (χ1) is 10.7. The second-order valence-electron chi connectivity index (χ2n) is 10.3. The van der Waals surface area contributed by atoms with Gasteiger partial charge in [0, 0.05) is 0 Å². The lowest BCUT2D eigenvalue weighted by Gasteiger charge is -2.62. The molecule has 3 N–H and O–H groups in total. The third-order valence-corrected chi connectivity index (χ3v) is 9.25. The first-order valence-electron chi connectivity index (χ1n) is 9.68. The second-order valence-corrected chi connectivity index (χ2v) is 10.3. The molecule has 4 aliphatic carbocycles. The number of fused-ring (bicyclic) bond motifs is 2. The van der Waals surface area contributed by atoms with Gasteiger partial charge in [0.05, 0.1) is 18.8 Å². The van der Waals surface area contributed by atoms with Crippen LogP contribution in [0.2, 0.25) is 0 Å². The van der Waals surface area contributed by atoms with Crippen LogP contribution in [-0.4, -0.2) is 34.1 Å². The molecule has 0 aromatic rings. The summed E-state index contributed by atoms with van der Waals surface area (Å²) in [6.07, 6.45) is 8.33. The molecule has 0 saturated heterocycles. The Labute approximate surface area is 140 Å². The Hall–Kier alpha value is -0.120. The van der Waals surface area contributed by atoms with E-state index in [-0.39, 0.29) is 29.5 Å². The third kappa shape index (κ3) is 1.93. The fourth-order valence-electron chi connectivity index (χ4n) is 7.55. The molecular formula is C20H34O3. The topological polar surface area (TPSA) is 60.7 Å². The minimum absolute atomic E-state index is 0.165. The summed E-state index contributed by atoms with van der Waals surface area (Å²) in [5.41, 5.74) is 0.853. The van der Waals surface area contributed by atoms with Crippen LogP contribution in [0.15, 0.2) is 0 Å². The van der Waals surface area contributed by atoms with Crippen LogP contribution >= 0.6 is 0 Å². The van der Waals surface area contributed by atoms with Gasteiger partial charge in [0.25, 0.3) is 0 Å². The maximum absolute atomic E-state index is 11.1. The van der Waals surface area contributed by atoms with E-state index in [9.17, 15) is 15.3 Å². The molecule has 0 bridgehead atoms. The Morgan fingerprint density at radius 2 is 1.83 bits per heavy atom. The summed E-state index contributed by atoms with van der Waals surface area (Å²) in [5.74, 6) is 1.03. The molecule has 0 aromatic heterocycles. The molecule has 4 rings (SSSR count). The molecule has 0 radical (unpaired) electrons. The molecule has 8 atom stereocenters. The normalized spacial score (nSPS) is 59.5. The fourth-order valence-corrected chi connectivity index (χ4v) is 7.55. The predicted octanol–water partition coefficient (Wildman–Crippen LogP) is 3.11. The van der Waals surface area contributed by atoms with E-state index in [4.69, 9.17) is 0 Å². The Kier molecular flexibility index (Phi) is 3.37. The Bertz CT molecular complexity index is 507. The van der Waals surface area contributed by atoms with Crippen molar-refractivity contribution in [2.75, 3.05) is 6.61 Å². The molecule has 1 spiro atoms. The lowest BCUT2D eigenvalue weighted by molar-refractivity contribution is -0.176. The van der Waals surface area contributed by atoms with Crippen LogP contribution in [0.1, 0.15) is 72.1 Å². The number of aliphatic hydroxyl groups is 3. The first-order valence-corrected chi connectivity index (χ1v) is 9.68. The standard InChI is InChI=1S/C20H34O3/c1-17(16(23)11-21)7-8-19(3)13(9-17)14(22)10-20-12-18(20,2)6-4-5-15(19)20/h13-16,21-23H,4-12H2,1-3H3. The molecule has 0 heterocycles. The van der Waals surface area contributed by atoms with E-state index in [0.29, 0.717) is 10.8 Å². The smallest absolute Gasteiger partial charge is 0.0824 e. The highest BCUT2D eigenvalue weighted by Gasteiger charge is 2.75. The van der Waals surface area contributed by atoms with Crippen LogP contribution in [0.4, 0.5) is 0 Å². The SMILES string of the molecule is CC1(C(O)CO)CCC2(C)C(C1)C(O)CC13CC1(C)CCCC23. The van der Waals surface area contributed by atoms with Crippen molar-refractivity contribution in [1.29, 1.82) is 0 Å². The van der Waals surface area contributed by atoms with Gasteiger partial charge in [0.2, 0.25) is 0 Å². The third-order valence-electron chi connectivity index (χ3n) is 9.25. The minimum atomic E-state index is -0.660. The zero-order valence-corrected chi connectivity index (χ0v) is 15.0. The maximum Gasteiger partial charge on any atom is 0.0824 e. The largest absolute Gasteiger partial charge is 0.394 e. The van der Waals surface area contributed by atoms with Crippen molar-refractivity contribution < 1.29 is 15.3 Å². The summed E-state index contributed by atoms with van der Waals surface area (Å²) in [7, 11) is 0. The monoisotopic (exact) mass is 322 g/mol. The molecule has 23 heavy (non-hydrogen) atoms. The fraction of sp³-hybridized carbons (Fsp3) is 1.00. The van der Waals surface area contributed by atoms with Crippen molar-refractivity contribution in [2.45, 2.75) is 84.3 Å². The summed E-state index contributed by atoms with van der Waals surface area (Å²) in [6.45, 7) is 6.83. The van der Waals surface area contributed by atoms with Crippen LogP contribution in [-0.2, 0) is 0 Å². The van der Waals surface area contributed by atoms with E-state index in [2.05, 4.69) is 20.8 Å². The average molecular weight is 322 g/mol. The summed E-state index contributed by atoms with van der Waals surface area (Å²) in [5, 5.41) is 30.8. The van der Waals surface area contributed by atoms with Crippen LogP contribution in [0, 0.1) is 33.5 Å². The lowest BCUT2D eigenvalue weighted by atomic mass is 9.44. The highest BCUT2D eigenvalue weighted by molar-refractivity contribution is 5.24. The summed E-state index contributed by atoms with van der Waals surface area (Å²) in [4.78, 5) is 0. The van der Waals surface area contributed by atoms with Crippen molar-refractivity contribution in [1.82, 2.24) is 0 Å².